The van der Waals surface area contributed by atoms with E-state index >= 15 is 0 Å². The number of aromatic nitrogens is 2. The number of aryl methyl sites for hydroxylation is 1. The summed E-state index contributed by atoms with van der Waals surface area (Å²) in [6, 6.07) is 4.12. The van der Waals surface area contributed by atoms with Crippen LogP contribution in [0.1, 0.15) is 20.9 Å². The Morgan fingerprint density at radius 3 is 2.70 bits per heavy atom. The van der Waals surface area contributed by atoms with Crippen LogP contribution in [-0.2, 0) is 0 Å². The van der Waals surface area contributed by atoms with Crippen LogP contribution in [0.15, 0.2) is 38.7 Å². The highest BCUT2D eigenvalue weighted by molar-refractivity contribution is 7.99. The lowest BCUT2D eigenvalue weighted by molar-refractivity contribution is 0.0695. The molecule has 1 N–H and O–H groups in total. The van der Waals surface area contributed by atoms with Crippen molar-refractivity contribution in [1.29, 1.82) is 0 Å². The van der Waals surface area contributed by atoms with E-state index < -0.39 is 17.4 Å². The Bertz CT molecular complexity index is 701. The summed E-state index contributed by atoms with van der Waals surface area (Å²) in [5, 5.41) is 9.21. The molecule has 0 saturated carbocycles. The first-order valence-corrected chi connectivity index (χ1v) is 6.51. The Hall–Kier alpha value is -2.35. The molecule has 2 aromatic heterocycles. The third-order valence-corrected chi connectivity index (χ3v) is 3.24. The summed E-state index contributed by atoms with van der Waals surface area (Å²) in [6.45, 7) is 1.57. The van der Waals surface area contributed by atoms with Crippen LogP contribution in [0.3, 0.4) is 0 Å². The van der Waals surface area contributed by atoms with Crippen molar-refractivity contribution in [2.24, 2.45) is 0 Å². The van der Waals surface area contributed by atoms with Gasteiger partial charge < -0.3 is 9.63 Å². The molecule has 2 rings (SSSR count). The zero-order valence-corrected chi connectivity index (χ0v) is 11.2. The van der Waals surface area contributed by atoms with Gasteiger partial charge in [-0.1, -0.05) is 11.8 Å². The predicted octanol–water partition coefficient (Wildman–Crippen LogP) is 1.28. The summed E-state index contributed by atoms with van der Waals surface area (Å²) >= 11 is 1.09. The van der Waals surface area contributed by atoms with Gasteiger partial charge in [0.1, 0.15) is 5.76 Å². The van der Waals surface area contributed by atoms with Gasteiger partial charge in [0.15, 0.2) is 0 Å². The maximum Gasteiger partial charge on any atom is 0.337 e. The molecule has 0 aliphatic rings. The molecular formula is C12H10N2O5S. The Balaban J connectivity index is 2.01. The quantitative estimate of drug-likeness (QED) is 0.847. The summed E-state index contributed by atoms with van der Waals surface area (Å²) in [5.74, 6) is -1.25. The molecule has 0 bridgehead atoms. The van der Waals surface area contributed by atoms with Gasteiger partial charge in [0.05, 0.1) is 16.3 Å². The minimum Gasteiger partial charge on any atom is -0.478 e. The van der Waals surface area contributed by atoms with Crippen molar-refractivity contribution < 1.29 is 19.2 Å². The number of aromatic carboxylic acids is 1. The standard InChI is InChI=1S/C12H10N2O5S/c1-7-4-10(15)14(19-7)11(16)6-20-9-3-2-8(5-13-9)12(17)18/h2-5H,6H2,1H3,(H,17,18). The second kappa shape index (κ2) is 5.74. The molecule has 7 nitrogen and oxygen atoms in total. The van der Waals surface area contributed by atoms with Gasteiger partial charge in [0.25, 0.3) is 11.5 Å². The van der Waals surface area contributed by atoms with Crippen molar-refractivity contribution in [3.8, 4) is 0 Å². The van der Waals surface area contributed by atoms with Crippen LogP contribution in [0.4, 0.5) is 0 Å². The van der Waals surface area contributed by atoms with Gasteiger partial charge in [0.2, 0.25) is 0 Å². The van der Waals surface area contributed by atoms with E-state index in [4.69, 9.17) is 9.63 Å². The van der Waals surface area contributed by atoms with Crippen molar-refractivity contribution in [3.63, 3.8) is 0 Å². The van der Waals surface area contributed by atoms with Gasteiger partial charge in [0, 0.05) is 12.3 Å². The van der Waals surface area contributed by atoms with Gasteiger partial charge in [-0.05, 0) is 19.1 Å². The Kier molecular flexibility index (Phi) is 4.04. The number of pyridine rings is 1. The zero-order chi connectivity index (χ0) is 14.7. The SMILES string of the molecule is Cc1cc(=O)n(C(=O)CSc2ccc(C(=O)O)cn2)o1. The fourth-order valence-electron chi connectivity index (χ4n) is 1.41. The second-order valence-corrected chi connectivity index (χ2v) is 4.85. The van der Waals surface area contributed by atoms with Crippen molar-refractivity contribution >= 4 is 23.6 Å². The first-order chi connectivity index (χ1) is 9.47. The van der Waals surface area contributed by atoms with Gasteiger partial charge in [-0.25, -0.2) is 9.78 Å². The Labute approximate surface area is 117 Å². The lowest BCUT2D eigenvalue weighted by Gasteiger charge is -2.00. The fraction of sp³-hybridized carbons (Fsp3) is 0.167. The third kappa shape index (κ3) is 3.15. The van der Waals surface area contributed by atoms with Gasteiger partial charge >= 0.3 is 5.97 Å². The minimum atomic E-state index is -1.07. The van der Waals surface area contributed by atoms with E-state index in [2.05, 4.69) is 4.98 Å². The highest BCUT2D eigenvalue weighted by Crippen LogP contribution is 2.15. The summed E-state index contributed by atoms with van der Waals surface area (Å²) in [6.07, 6.45) is 1.21. The molecule has 20 heavy (non-hydrogen) atoms. The molecule has 0 aliphatic heterocycles. The summed E-state index contributed by atoms with van der Waals surface area (Å²) < 4.78 is 5.65. The molecule has 0 fully saturated rings. The van der Waals surface area contributed by atoms with Gasteiger partial charge in [-0.2, -0.15) is 0 Å². The number of carboxylic acids is 1. The first-order valence-electron chi connectivity index (χ1n) is 5.52. The zero-order valence-electron chi connectivity index (χ0n) is 10.4. The number of thioether (sulfide) groups is 1. The first kappa shape index (κ1) is 14.1. The molecule has 0 atom stereocenters. The molecule has 0 spiro atoms. The van der Waals surface area contributed by atoms with E-state index in [9.17, 15) is 14.4 Å². The lowest BCUT2D eigenvalue weighted by atomic mass is 10.3. The molecule has 104 valence electrons. The van der Waals surface area contributed by atoms with Crippen LogP contribution in [0.5, 0.6) is 0 Å². The molecule has 8 heteroatoms. The number of nitrogens with zero attached hydrogens (tertiary/aromatic N) is 2. The van der Waals surface area contributed by atoms with E-state index in [0.29, 0.717) is 15.5 Å². The van der Waals surface area contributed by atoms with Crippen molar-refractivity contribution in [1.82, 2.24) is 9.72 Å². The number of carbonyl (C=O) groups is 2. The Morgan fingerprint density at radius 1 is 1.45 bits per heavy atom. The highest BCUT2D eigenvalue weighted by atomic mass is 32.2. The largest absolute Gasteiger partial charge is 0.478 e. The fourth-order valence-corrected chi connectivity index (χ4v) is 2.09. The molecule has 0 unspecified atom stereocenters. The number of carboxylic acid groups (broad SMARTS) is 1. The number of rotatable bonds is 4. The average molecular weight is 294 g/mol. The van der Waals surface area contributed by atoms with Crippen LogP contribution < -0.4 is 5.56 Å². The third-order valence-electron chi connectivity index (χ3n) is 2.32. The van der Waals surface area contributed by atoms with Crippen molar-refractivity contribution in [2.45, 2.75) is 11.9 Å². The number of hydrogen-bond acceptors (Lipinski definition) is 6. The van der Waals surface area contributed by atoms with Crippen LogP contribution in [0.2, 0.25) is 0 Å². The molecular weight excluding hydrogens is 284 g/mol. The normalized spacial score (nSPS) is 10.4. The minimum absolute atomic E-state index is 0.0354. The van der Waals surface area contributed by atoms with E-state index in [0.717, 1.165) is 11.8 Å². The number of carbonyl (C=O) groups excluding carboxylic acids is 1. The number of hydrogen-bond donors (Lipinski definition) is 1. The van der Waals surface area contributed by atoms with Crippen LogP contribution in [0, 0.1) is 6.92 Å². The summed E-state index contributed by atoms with van der Waals surface area (Å²) in [7, 11) is 0. The van der Waals surface area contributed by atoms with Crippen LogP contribution in [-0.4, -0.2) is 32.5 Å². The van der Waals surface area contributed by atoms with Crippen LogP contribution >= 0.6 is 11.8 Å². The predicted molar refractivity (Wildman–Crippen MR) is 70.3 cm³/mol. The van der Waals surface area contributed by atoms with E-state index in [-0.39, 0.29) is 11.3 Å². The smallest absolute Gasteiger partial charge is 0.337 e. The lowest BCUT2D eigenvalue weighted by Crippen LogP contribution is -2.23. The molecule has 0 saturated heterocycles. The molecule has 2 aromatic rings. The molecule has 0 radical (unpaired) electrons. The van der Waals surface area contributed by atoms with Crippen LogP contribution in [0.25, 0.3) is 0 Å². The van der Waals surface area contributed by atoms with E-state index in [1.807, 2.05) is 0 Å². The van der Waals surface area contributed by atoms with Gasteiger partial charge in [-0.15, -0.1) is 4.74 Å². The maximum absolute atomic E-state index is 11.8. The highest BCUT2D eigenvalue weighted by Gasteiger charge is 2.13. The topological polar surface area (TPSA) is 102 Å². The maximum atomic E-state index is 11.8. The van der Waals surface area contributed by atoms with E-state index in [1.165, 1.54) is 24.4 Å². The van der Waals surface area contributed by atoms with Gasteiger partial charge in [-0.3, -0.25) is 9.59 Å². The Morgan fingerprint density at radius 2 is 2.20 bits per heavy atom. The monoisotopic (exact) mass is 294 g/mol. The summed E-state index contributed by atoms with van der Waals surface area (Å²) in [5.41, 5.74) is -0.444. The molecule has 0 amide bonds. The molecule has 0 aromatic carbocycles. The second-order valence-electron chi connectivity index (χ2n) is 3.85. The van der Waals surface area contributed by atoms with E-state index in [1.54, 1.807) is 6.92 Å². The molecule has 0 aliphatic carbocycles. The molecule has 2 heterocycles. The summed E-state index contributed by atoms with van der Waals surface area (Å²) in [4.78, 5) is 37.7. The van der Waals surface area contributed by atoms with Crippen molar-refractivity contribution in [3.05, 3.63) is 46.1 Å². The average Bonchev–Trinajstić information content (AvgIpc) is 2.75. The van der Waals surface area contributed by atoms with Crippen molar-refractivity contribution in [2.75, 3.05) is 5.75 Å².